The molecule has 0 bridgehead atoms. The van der Waals surface area contributed by atoms with E-state index >= 15 is 0 Å². The number of aliphatic hydroxyl groups is 1. The largest absolute Gasteiger partial charge is 0.491 e. The molecule has 1 saturated carbocycles. The van der Waals surface area contributed by atoms with Crippen molar-refractivity contribution < 1.29 is 19.0 Å². The Labute approximate surface area is 129 Å². The molecule has 1 fully saturated rings. The first-order valence-electron chi connectivity index (χ1n) is 7.61. The number of benzene rings is 1. The van der Waals surface area contributed by atoms with Crippen LogP contribution in [-0.2, 0) is 0 Å². The van der Waals surface area contributed by atoms with Crippen molar-refractivity contribution in [1.29, 1.82) is 0 Å². The molecule has 0 aromatic heterocycles. The monoisotopic (exact) mass is 310 g/mol. The van der Waals surface area contributed by atoms with Gasteiger partial charge < -0.3 is 20.5 Å². The van der Waals surface area contributed by atoms with Crippen molar-refractivity contribution in [2.75, 3.05) is 18.5 Å². The maximum atomic E-state index is 13.3. The Kier molecular flexibility index (Phi) is 5.24. The first-order valence-corrected chi connectivity index (χ1v) is 7.61. The van der Waals surface area contributed by atoms with E-state index in [4.69, 9.17) is 4.74 Å². The van der Waals surface area contributed by atoms with E-state index < -0.39 is 17.4 Å². The Balaban J connectivity index is 2.04. The Hall–Kier alpha value is -1.82. The van der Waals surface area contributed by atoms with Crippen LogP contribution in [0.2, 0.25) is 0 Å². The van der Waals surface area contributed by atoms with E-state index in [0.717, 1.165) is 19.3 Å². The number of carbonyl (C=O) groups is 1. The first-order chi connectivity index (χ1) is 10.5. The number of amides is 2. The van der Waals surface area contributed by atoms with Gasteiger partial charge in [-0.3, -0.25) is 0 Å². The number of nitrogens with one attached hydrogen (secondary N) is 2. The molecule has 5 nitrogen and oxygen atoms in total. The minimum atomic E-state index is -0.630. The number of hydrogen-bond donors (Lipinski definition) is 3. The number of halogens is 1. The van der Waals surface area contributed by atoms with E-state index in [0.29, 0.717) is 24.0 Å². The third-order valence-corrected chi connectivity index (χ3v) is 3.86. The molecule has 2 amide bonds. The molecule has 1 aliphatic rings. The quantitative estimate of drug-likeness (QED) is 0.725. The van der Waals surface area contributed by atoms with Gasteiger partial charge >= 0.3 is 6.03 Å². The van der Waals surface area contributed by atoms with Gasteiger partial charge in [0.05, 0.1) is 24.4 Å². The average molecular weight is 310 g/mol. The molecule has 122 valence electrons. The Morgan fingerprint density at radius 1 is 1.50 bits per heavy atom. The van der Waals surface area contributed by atoms with Gasteiger partial charge in [-0.05, 0) is 44.2 Å². The number of urea groups is 1. The summed E-state index contributed by atoms with van der Waals surface area (Å²) in [4.78, 5) is 12.1. The van der Waals surface area contributed by atoms with E-state index in [-0.39, 0.29) is 6.61 Å². The Bertz CT molecular complexity index is 534. The van der Waals surface area contributed by atoms with Gasteiger partial charge in [0.2, 0.25) is 0 Å². The second-order valence-corrected chi connectivity index (χ2v) is 5.92. The van der Waals surface area contributed by atoms with Crippen LogP contribution in [0, 0.1) is 11.7 Å². The van der Waals surface area contributed by atoms with Crippen LogP contribution in [0.15, 0.2) is 18.2 Å². The zero-order valence-corrected chi connectivity index (χ0v) is 13.0. The fraction of sp³-hybridized carbons (Fsp3) is 0.562. The molecule has 1 aromatic rings. The molecule has 6 heteroatoms. The number of hydrogen-bond acceptors (Lipinski definition) is 3. The van der Waals surface area contributed by atoms with Crippen molar-refractivity contribution in [2.24, 2.45) is 5.92 Å². The molecule has 0 aliphatic heterocycles. The lowest BCUT2D eigenvalue weighted by atomic mass is 9.97. The summed E-state index contributed by atoms with van der Waals surface area (Å²) in [6.45, 7) is 4.09. The van der Waals surface area contributed by atoms with Gasteiger partial charge in [0.25, 0.3) is 0 Å². The maximum Gasteiger partial charge on any atom is 0.319 e. The predicted molar refractivity (Wildman–Crippen MR) is 82.6 cm³/mol. The second-order valence-electron chi connectivity index (χ2n) is 5.92. The minimum absolute atomic E-state index is 0.117. The average Bonchev–Trinajstić information content (AvgIpc) is 3.32. The number of anilines is 1. The summed E-state index contributed by atoms with van der Waals surface area (Å²) >= 11 is 0. The molecule has 1 aromatic carbocycles. The summed E-state index contributed by atoms with van der Waals surface area (Å²) in [5.74, 6) is 0.177. The highest BCUT2D eigenvalue weighted by Crippen LogP contribution is 2.39. The number of carbonyl (C=O) groups excluding carboxylic acids is 1. The zero-order valence-electron chi connectivity index (χ0n) is 13.0. The molecule has 0 saturated heterocycles. The molecule has 2 rings (SSSR count). The lowest BCUT2D eigenvalue weighted by molar-refractivity contribution is 0.159. The fourth-order valence-corrected chi connectivity index (χ4v) is 2.33. The van der Waals surface area contributed by atoms with E-state index in [1.54, 1.807) is 0 Å². The van der Waals surface area contributed by atoms with E-state index in [1.165, 1.54) is 18.2 Å². The summed E-state index contributed by atoms with van der Waals surface area (Å²) in [6, 6.07) is 3.54. The van der Waals surface area contributed by atoms with Crippen molar-refractivity contribution in [1.82, 2.24) is 5.32 Å². The highest BCUT2D eigenvalue weighted by atomic mass is 19.1. The number of aliphatic hydroxyl groups excluding tert-OH is 1. The van der Waals surface area contributed by atoms with Gasteiger partial charge in [0, 0.05) is 6.07 Å². The summed E-state index contributed by atoms with van der Waals surface area (Å²) in [5, 5.41) is 15.0. The highest BCUT2D eigenvalue weighted by Gasteiger charge is 2.42. The van der Waals surface area contributed by atoms with E-state index in [1.807, 2.05) is 13.8 Å². The molecule has 0 spiro atoms. The van der Waals surface area contributed by atoms with Crippen molar-refractivity contribution in [2.45, 2.75) is 38.6 Å². The molecule has 1 unspecified atom stereocenters. The lowest BCUT2D eigenvalue weighted by Crippen LogP contribution is -2.52. The van der Waals surface area contributed by atoms with Crippen molar-refractivity contribution in [3.8, 4) is 5.75 Å². The number of ether oxygens (including phenoxy) is 1. The Morgan fingerprint density at radius 3 is 2.82 bits per heavy atom. The SMILES string of the molecule is CCCOc1cc(F)ccc1NC(=O)NC(C)(CO)C1CC1. The molecular formula is C16H23FN2O3. The van der Waals surface area contributed by atoms with Crippen molar-refractivity contribution >= 4 is 11.7 Å². The Morgan fingerprint density at radius 2 is 2.23 bits per heavy atom. The standard InChI is InChI=1S/C16H23FN2O3/c1-3-8-22-14-9-12(17)6-7-13(14)18-15(21)19-16(2,10-20)11-4-5-11/h6-7,9,11,20H,3-5,8,10H2,1-2H3,(H2,18,19,21). The molecule has 1 atom stereocenters. The van der Waals surface area contributed by atoms with Gasteiger partial charge in [0.1, 0.15) is 11.6 Å². The highest BCUT2D eigenvalue weighted by molar-refractivity contribution is 5.91. The van der Waals surface area contributed by atoms with Crippen LogP contribution in [0.4, 0.5) is 14.9 Å². The zero-order chi connectivity index (χ0) is 16.2. The maximum absolute atomic E-state index is 13.3. The second kappa shape index (κ2) is 6.96. The lowest BCUT2D eigenvalue weighted by Gasteiger charge is -2.29. The smallest absolute Gasteiger partial charge is 0.319 e. The van der Waals surface area contributed by atoms with E-state index in [2.05, 4.69) is 10.6 Å². The van der Waals surface area contributed by atoms with Gasteiger partial charge in [0.15, 0.2) is 0 Å². The normalized spacial score (nSPS) is 16.7. The van der Waals surface area contributed by atoms with Crippen LogP contribution in [0.1, 0.15) is 33.1 Å². The van der Waals surface area contributed by atoms with Crippen LogP contribution >= 0.6 is 0 Å². The molecule has 22 heavy (non-hydrogen) atoms. The summed E-state index contributed by atoms with van der Waals surface area (Å²) in [5.41, 5.74) is -0.224. The summed E-state index contributed by atoms with van der Waals surface area (Å²) < 4.78 is 18.8. The van der Waals surface area contributed by atoms with Crippen molar-refractivity contribution in [3.63, 3.8) is 0 Å². The van der Waals surface area contributed by atoms with Gasteiger partial charge in [-0.15, -0.1) is 0 Å². The first kappa shape index (κ1) is 16.5. The minimum Gasteiger partial charge on any atom is -0.491 e. The molecule has 0 radical (unpaired) electrons. The molecule has 1 aliphatic carbocycles. The van der Waals surface area contributed by atoms with Crippen LogP contribution in [0.25, 0.3) is 0 Å². The van der Waals surface area contributed by atoms with Gasteiger partial charge in [-0.1, -0.05) is 6.92 Å². The van der Waals surface area contributed by atoms with Crippen LogP contribution in [0.5, 0.6) is 5.75 Å². The van der Waals surface area contributed by atoms with Gasteiger partial charge in [-0.2, -0.15) is 0 Å². The van der Waals surface area contributed by atoms with Crippen LogP contribution in [-0.4, -0.2) is 29.9 Å². The predicted octanol–water partition coefficient (Wildman–Crippen LogP) is 2.90. The number of rotatable bonds is 7. The van der Waals surface area contributed by atoms with Gasteiger partial charge in [-0.25, -0.2) is 9.18 Å². The summed E-state index contributed by atoms with van der Waals surface area (Å²) in [7, 11) is 0. The molecular weight excluding hydrogens is 287 g/mol. The van der Waals surface area contributed by atoms with E-state index in [9.17, 15) is 14.3 Å². The van der Waals surface area contributed by atoms with Crippen LogP contribution < -0.4 is 15.4 Å². The third-order valence-electron chi connectivity index (χ3n) is 3.86. The summed E-state index contributed by atoms with van der Waals surface area (Å²) in [6.07, 6.45) is 2.78. The van der Waals surface area contributed by atoms with Crippen molar-refractivity contribution in [3.05, 3.63) is 24.0 Å². The van der Waals surface area contributed by atoms with Crippen LogP contribution in [0.3, 0.4) is 0 Å². The fourth-order valence-electron chi connectivity index (χ4n) is 2.33. The molecule has 3 N–H and O–H groups in total. The molecule has 0 heterocycles. The third kappa shape index (κ3) is 4.10. The topological polar surface area (TPSA) is 70.6 Å².